The maximum atomic E-state index is 9.15. The number of anilines is 1. The van der Waals surface area contributed by atoms with E-state index in [2.05, 4.69) is 11.2 Å². The number of rotatable bonds is 2. The van der Waals surface area contributed by atoms with E-state index >= 15 is 0 Å². The largest absolute Gasteiger partial charge is 0.435 e. The van der Waals surface area contributed by atoms with Gasteiger partial charge in [0.1, 0.15) is 11.6 Å². The van der Waals surface area contributed by atoms with Gasteiger partial charge in [0.05, 0.1) is 26.6 Å². The molecule has 0 saturated heterocycles. The average molecular weight is 379 g/mol. The lowest BCUT2D eigenvalue weighted by molar-refractivity contribution is 0.428. The molecule has 0 atom stereocenters. The van der Waals surface area contributed by atoms with Crippen LogP contribution in [0.5, 0.6) is 11.6 Å². The molecule has 0 radical (unpaired) electrons. The minimum absolute atomic E-state index is 0.333. The standard InChI is InChI=1S/C13H10IN5O/c1-7-9(6-16)13(19(2)18-7)20-12-10(14)3-8(5-15)4-11(12)17/h3-4H,17H2,1-2H3. The van der Waals surface area contributed by atoms with Gasteiger partial charge in [-0.05, 0) is 41.6 Å². The zero-order chi connectivity index (χ0) is 14.9. The van der Waals surface area contributed by atoms with Crippen molar-refractivity contribution in [2.75, 3.05) is 5.73 Å². The van der Waals surface area contributed by atoms with E-state index in [4.69, 9.17) is 21.0 Å². The Morgan fingerprint density at radius 2 is 2.05 bits per heavy atom. The maximum Gasteiger partial charge on any atom is 0.236 e. The number of nitrogen functional groups attached to an aromatic ring is 1. The van der Waals surface area contributed by atoms with E-state index in [0.29, 0.717) is 37.7 Å². The Labute approximate surface area is 129 Å². The number of aryl methyl sites for hydroxylation is 2. The second kappa shape index (κ2) is 5.39. The molecule has 2 N–H and O–H groups in total. The van der Waals surface area contributed by atoms with Crippen LogP contribution < -0.4 is 10.5 Å². The normalized spacial score (nSPS) is 9.85. The third kappa shape index (κ3) is 2.40. The van der Waals surface area contributed by atoms with Crippen molar-refractivity contribution in [3.63, 3.8) is 0 Å². The van der Waals surface area contributed by atoms with Crippen molar-refractivity contribution in [3.05, 3.63) is 32.5 Å². The van der Waals surface area contributed by atoms with Crippen molar-refractivity contribution in [3.8, 4) is 23.8 Å². The van der Waals surface area contributed by atoms with Crippen LogP contribution in [0.15, 0.2) is 12.1 Å². The summed E-state index contributed by atoms with van der Waals surface area (Å²) in [5.74, 6) is 0.753. The molecule has 0 amide bonds. The van der Waals surface area contributed by atoms with Crippen LogP contribution in [0.2, 0.25) is 0 Å². The highest BCUT2D eigenvalue weighted by molar-refractivity contribution is 14.1. The first kappa shape index (κ1) is 14.2. The van der Waals surface area contributed by atoms with E-state index in [0.717, 1.165) is 0 Å². The molecular weight excluding hydrogens is 369 g/mol. The second-order valence-electron chi connectivity index (χ2n) is 4.09. The van der Waals surface area contributed by atoms with E-state index in [1.807, 2.05) is 28.7 Å². The average Bonchev–Trinajstić information content (AvgIpc) is 2.67. The van der Waals surface area contributed by atoms with Crippen molar-refractivity contribution >= 4 is 28.3 Å². The van der Waals surface area contributed by atoms with Crippen molar-refractivity contribution in [1.29, 1.82) is 10.5 Å². The lowest BCUT2D eigenvalue weighted by atomic mass is 10.2. The minimum Gasteiger partial charge on any atom is -0.435 e. The van der Waals surface area contributed by atoms with Gasteiger partial charge in [-0.15, -0.1) is 0 Å². The van der Waals surface area contributed by atoms with E-state index in [9.17, 15) is 0 Å². The zero-order valence-corrected chi connectivity index (χ0v) is 13.0. The summed E-state index contributed by atoms with van der Waals surface area (Å²) >= 11 is 2.04. The summed E-state index contributed by atoms with van der Waals surface area (Å²) in [4.78, 5) is 0. The van der Waals surface area contributed by atoms with Gasteiger partial charge in [-0.1, -0.05) is 0 Å². The van der Waals surface area contributed by atoms with Gasteiger partial charge < -0.3 is 10.5 Å². The van der Waals surface area contributed by atoms with Gasteiger partial charge >= 0.3 is 0 Å². The number of hydrogen-bond acceptors (Lipinski definition) is 5. The number of nitrogens with two attached hydrogens (primary N) is 1. The van der Waals surface area contributed by atoms with E-state index < -0.39 is 0 Å². The molecule has 0 aliphatic heterocycles. The fourth-order valence-electron chi connectivity index (χ4n) is 1.77. The van der Waals surface area contributed by atoms with Crippen LogP contribution in [0.1, 0.15) is 16.8 Å². The molecule has 20 heavy (non-hydrogen) atoms. The van der Waals surface area contributed by atoms with Crippen LogP contribution in [0.3, 0.4) is 0 Å². The summed E-state index contributed by atoms with van der Waals surface area (Å²) < 4.78 is 7.93. The van der Waals surface area contributed by atoms with Gasteiger partial charge in [0.25, 0.3) is 0 Å². The smallest absolute Gasteiger partial charge is 0.236 e. The number of nitriles is 2. The van der Waals surface area contributed by atoms with Gasteiger partial charge in [0.15, 0.2) is 5.75 Å². The topological polar surface area (TPSA) is 101 Å². The molecule has 0 unspecified atom stereocenters. The molecule has 0 fully saturated rings. The summed E-state index contributed by atoms with van der Waals surface area (Å²) in [6, 6.07) is 7.29. The number of benzene rings is 1. The number of hydrogen-bond donors (Lipinski definition) is 1. The van der Waals surface area contributed by atoms with Crippen molar-refractivity contribution in [1.82, 2.24) is 9.78 Å². The maximum absolute atomic E-state index is 9.15. The summed E-state index contributed by atoms with van der Waals surface area (Å²) in [6.07, 6.45) is 0. The Kier molecular flexibility index (Phi) is 3.81. The Balaban J connectivity index is 2.52. The van der Waals surface area contributed by atoms with Crippen molar-refractivity contribution in [2.24, 2.45) is 7.05 Å². The number of ether oxygens (including phenoxy) is 1. The first-order valence-corrected chi connectivity index (χ1v) is 6.66. The Morgan fingerprint density at radius 3 is 2.60 bits per heavy atom. The van der Waals surface area contributed by atoms with Gasteiger partial charge in [-0.25, -0.2) is 4.68 Å². The molecule has 1 aromatic carbocycles. The van der Waals surface area contributed by atoms with Crippen LogP contribution in [0, 0.1) is 33.2 Å². The summed E-state index contributed by atoms with van der Waals surface area (Å²) in [7, 11) is 1.69. The van der Waals surface area contributed by atoms with Crippen LogP contribution in [0.4, 0.5) is 5.69 Å². The SMILES string of the molecule is Cc1nn(C)c(Oc2c(N)cc(C#N)cc2I)c1C#N. The van der Waals surface area contributed by atoms with Crippen LogP contribution in [-0.2, 0) is 7.05 Å². The highest BCUT2D eigenvalue weighted by Crippen LogP contribution is 2.35. The lowest BCUT2D eigenvalue weighted by Gasteiger charge is -2.11. The monoisotopic (exact) mass is 379 g/mol. The van der Waals surface area contributed by atoms with Crippen LogP contribution in [0.25, 0.3) is 0 Å². The third-order valence-corrected chi connectivity index (χ3v) is 3.48. The number of halogens is 1. The third-order valence-electron chi connectivity index (χ3n) is 2.68. The Hall–Kier alpha value is -2.26. The number of nitrogens with zero attached hydrogens (tertiary/aromatic N) is 4. The molecule has 0 spiro atoms. The fourth-order valence-corrected chi connectivity index (χ4v) is 2.52. The molecule has 1 aromatic heterocycles. The molecule has 2 aromatic rings. The highest BCUT2D eigenvalue weighted by Gasteiger charge is 2.18. The molecule has 0 aliphatic rings. The molecule has 2 rings (SSSR count). The number of aromatic nitrogens is 2. The molecule has 0 saturated carbocycles. The molecule has 6 nitrogen and oxygen atoms in total. The summed E-state index contributed by atoms with van der Waals surface area (Å²) in [6.45, 7) is 1.73. The van der Waals surface area contributed by atoms with E-state index in [1.54, 1.807) is 20.0 Å². The van der Waals surface area contributed by atoms with E-state index in [-0.39, 0.29) is 0 Å². The molecule has 0 bridgehead atoms. The predicted octanol–water partition coefficient (Wildman–Crippen LogP) is 2.45. The molecular formula is C13H10IN5O. The predicted molar refractivity (Wildman–Crippen MR) is 81.0 cm³/mol. The van der Waals surface area contributed by atoms with Crippen molar-refractivity contribution < 1.29 is 4.74 Å². The van der Waals surface area contributed by atoms with Gasteiger partial charge in [-0.2, -0.15) is 15.6 Å². The lowest BCUT2D eigenvalue weighted by Crippen LogP contribution is -2.01. The van der Waals surface area contributed by atoms with Crippen LogP contribution in [-0.4, -0.2) is 9.78 Å². The molecule has 1 heterocycles. The summed E-state index contributed by atoms with van der Waals surface area (Å²) in [5, 5.41) is 22.2. The van der Waals surface area contributed by atoms with Crippen molar-refractivity contribution in [2.45, 2.75) is 6.92 Å². The Bertz CT molecular complexity index is 743. The molecule has 100 valence electrons. The first-order valence-electron chi connectivity index (χ1n) is 5.58. The van der Waals surface area contributed by atoms with Crippen LogP contribution >= 0.6 is 22.6 Å². The first-order chi connectivity index (χ1) is 9.47. The van der Waals surface area contributed by atoms with Gasteiger partial charge in [0, 0.05) is 7.05 Å². The zero-order valence-electron chi connectivity index (χ0n) is 10.8. The Morgan fingerprint density at radius 1 is 1.35 bits per heavy atom. The molecule has 0 aliphatic carbocycles. The summed E-state index contributed by atoms with van der Waals surface area (Å²) in [5.41, 5.74) is 7.66. The fraction of sp³-hybridized carbons (Fsp3) is 0.154. The van der Waals surface area contributed by atoms with Gasteiger partial charge in [-0.3, -0.25) is 0 Å². The molecule has 7 heteroatoms. The highest BCUT2D eigenvalue weighted by atomic mass is 127. The second-order valence-corrected chi connectivity index (χ2v) is 5.25. The minimum atomic E-state index is 0.333. The van der Waals surface area contributed by atoms with E-state index in [1.165, 1.54) is 10.7 Å². The van der Waals surface area contributed by atoms with Gasteiger partial charge in [0.2, 0.25) is 5.88 Å². The quantitative estimate of drug-likeness (QED) is 0.638.